The number of hydrogen-bond donors (Lipinski definition) is 1. The fourth-order valence-corrected chi connectivity index (χ4v) is 2.48. The Balaban J connectivity index is 1.77. The van der Waals surface area contributed by atoms with E-state index in [9.17, 15) is 9.59 Å². The molecule has 0 spiro atoms. The van der Waals surface area contributed by atoms with Crippen molar-refractivity contribution >= 4 is 18.2 Å². The molecule has 0 saturated heterocycles. The average molecular weight is 367 g/mol. The van der Waals surface area contributed by atoms with Crippen molar-refractivity contribution in [2.24, 2.45) is 5.16 Å². The van der Waals surface area contributed by atoms with Crippen LogP contribution in [-0.2, 0) is 14.2 Å². The Bertz CT molecular complexity index is 847. The minimum absolute atomic E-state index is 0.0524. The van der Waals surface area contributed by atoms with Gasteiger partial charge in [0.1, 0.15) is 18.6 Å². The summed E-state index contributed by atoms with van der Waals surface area (Å²) in [5.41, 5.74) is 0.736. The van der Waals surface area contributed by atoms with Gasteiger partial charge in [-0.3, -0.25) is 0 Å². The van der Waals surface area contributed by atoms with Crippen LogP contribution in [0.1, 0.15) is 20.7 Å². The molecule has 0 fully saturated rings. The van der Waals surface area contributed by atoms with E-state index < -0.39 is 24.1 Å². The first kappa shape index (κ1) is 18.2. The van der Waals surface area contributed by atoms with Gasteiger partial charge in [-0.25, -0.2) is 9.59 Å². The van der Waals surface area contributed by atoms with Gasteiger partial charge in [-0.15, -0.1) is 0 Å². The molecule has 0 aromatic heterocycles. The van der Waals surface area contributed by atoms with Gasteiger partial charge in [0.25, 0.3) is 0 Å². The van der Waals surface area contributed by atoms with Crippen LogP contribution in [0.3, 0.4) is 0 Å². The van der Waals surface area contributed by atoms with Gasteiger partial charge in [0.15, 0.2) is 12.2 Å². The number of hydrogen-bond acceptors (Lipinski definition) is 7. The van der Waals surface area contributed by atoms with Gasteiger partial charge in [0.2, 0.25) is 0 Å². The molecule has 138 valence electrons. The predicted octanol–water partition coefficient (Wildman–Crippen LogP) is 2.81. The maximum atomic E-state index is 12.4. The quantitative estimate of drug-likeness (QED) is 0.378. The zero-order valence-electron chi connectivity index (χ0n) is 14.2. The normalized spacial score (nSPS) is 19.0. The fraction of sp³-hybridized carbons (Fsp3) is 0.150. The van der Waals surface area contributed by atoms with Gasteiger partial charge in [0, 0.05) is 6.08 Å². The summed E-state index contributed by atoms with van der Waals surface area (Å²) < 4.78 is 16.3. The van der Waals surface area contributed by atoms with E-state index in [2.05, 4.69) is 5.16 Å². The first-order valence-electron chi connectivity index (χ1n) is 8.21. The van der Waals surface area contributed by atoms with Crippen molar-refractivity contribution in [3.05, 3.63) is 83.6 Å². The van der Waals surface area contributed by atoms with Crippen molar-refractivity contribution in [3.63, 3.8) is 0 Å². The van der Waals surface area contributed by atoms with Crippen LogP contribution in [0.25, 0.3) is 0 Å². The summed E-state index contributed by atoms with van der Waals surface area (Å²) in [5, 5.41) is 11.6. The summed E-state index contributed by atoms with van der Waals surface area (Å²) in [6, 6.07) is 16.9. The molecule has 0 amide bonds. The molecule has 1 aliphatic rings. The van der Waals surface area contributed by atoms with Crippen LogP contribution in [0.5, 0.6) is 0 Å². The van der Waals surface area contributed by atoms with Gasteiger partial charge in [0.05, 0.1) is 11.1 Å². The monoisotopic (exact) mass is 367 g/mol. The lowest BCUT2D eigenvalue weighted by atomic mass is 10.1. The highest BCUT2D eigenvalue weighted by Gasteiger charge is 2.32. The van der Waals surface area contributed by atoms with Crippen LogP contribution < -0.4 is 0 Å². The van der Waals surface area contributed by atoms with Crippen LogP contribution in [0.4, 0.5) is 0 Å². The van der Waals surface area contributed by atoms with E-state index in [1.165, 1.54) is 6.08 Å². The van der Waals surface area contributed by atoms with Crippen molar-refractivity contribution in [3.8, 4) is 0 Å². The number of benzene rings is 2. The van der Waals surface area contributed by atoms with E-state index >= 15 is 0 Å². The third-order valence-electron chi connectivity index (χ3n) is 3.81. The fourth-order valence-electron chi connectivity index (χ4n) is 2.48. The first-order chi connectivity index (χ1) is 13.2. The summed E-state index contributed by atoms with van der Waals surface area (Å²) in [7, 11) is 0. The Labute approximate surface area is 155 Å². The number of nitrogens with zero attached hydrogens (tertiary/aromatic N) is 1. The Morgan fingerprint density at radius 3 is 2.07 bits per heavy atom. The van der Waals surface area contributed by atoms with Crippen LogP contribution >= 0.6 is 0 Å². The molecule has 27 heavy (non-hydrogen) atoms. The zero-order valence-corrected chi connectivity index (χ0v) is 14.2. The second-order valence-corrected chi connectivity index (χ2v) is 5.67. The Kier molecular flexibility index (Phi) is 5.84. The highest BCUT2D eigenvalue weighted by molar-refractivity contribution is 5.90. The first-order valence-corrected chi connectivity index (χ1v) is 8.21. The molecular weight excluding hydrogens is 350 g/mol. The van der Waals surface area contributed by atoms with E-state index in [0.29, 0.717) is 11.1 Å². The molecule has 0 aliphatic carbocycles. The SMILES string of the molecule is O=C(O[C@H]1C=C(C=NO)OC[C@@H]1OC(=O)c1ccccc1)c1ccccc1. The Morgan fingerprint density at radius 2 is 1.52 bits per heavy atom. The molecule has 1 heterocycles. The second kappa shape index (κ2) is 8.66. The molecule has 2 aromatic rings. The van der Waals surface area contributed by atoms with E-state index in [0.717, 1.165) is 6.21 Å². The molecule has 0 saturated carbocycles. The second-order valence-electron chi connectivity index (χ2n) is 5.67. The topological polar surface area (TPSA) is 94.4 Å². The minimum Gasteiger partial charge on any atom is -0.488 e. The molecule has 7 nitrogen and oxygen atoms in total. The van der Waals surface area contributed by atoms with E-state index in [4.69, 9.17) is 19.4 Å². The molecule has 7 heteroatoms. The summed E-state index contributed by atoms with van der Waals surface area (Å²) in [6.07, 6.45) is 0.749. The van der Waals surface area contributed by atoms with Crippen LogP contribution in [0.2, 0.25) is 0 Å². The lowest BCUT2D eigenvalue weighted by Crippen LogP contribution is -2.40. The third kappa shape index (κ3) is 4.72. The van der Waals surface area contributed by atoms with Gasteiger partial charge in [-0.1, -0.05) is 41.6 Å². The Morgan fingerprint density at radius 1 is 0.963 bits per heavy atom. The summed E-state index contributed by atoms with van der Waals surface area (Å²) in [5.74, 6) is -0.923. The zero-order chi connectivity index (χ0) is 19.1. The predicted molar refractivity (Wildman–Crippen MR) is 95.6 cm³/mol. The molecule has 1 N–H and O–H groups in total. The highest BCUT2D eigenvalue weighted by Crippen LogP contribution is 2.19. The smallest absolute Gasteiger partial charge is 0.338 e. The molecule has 1 aliphatic heterocycles. The van der Waals surface area contributed by atoms with E-state index in [1.807, 2.05) is 0 Å². The highest BCUT2D eigenvalue weighted by atomic mass is 16.6. The lowest BCUT2D eigenvalue weighted by Gasteiger charge is -2.29. The van der Waals surface area contributed by atoms with E-state index in [1.54, 1.807) is 60.7 Å². The van der Waals surface area contributed by atoms with Crippen molar-refractivity contribution < 1.29 is 29.0 Å². The van der Waals surface area contributed by atoms with Gasteiger partial charge in [-0.05, 0) is 24.3 Å². The van der Waals surface area contributed by atoms with Crippen molar-refractivity contribution in [2.45, 2.75) is 12.2 Å². The van der Waals surface area contributed by atoms with Crippen LogP contribution in [0.15, 0.2) is 77.7 Å². The average Bonchev–Trinajstić information content (AvgIpc) is 2.71. The molecular formula is C20H17NO6. The number of carbonyl (C=O) groups is 2. The minimum atomic E-state index is -0.896. The number of allylic oxidation sites excluding steroid dienone is 1. The maximum absolute atomic E-state index is 12.4. The number of esters is 2. The molecule has 3 rings (SSSR count). The maximum Gasteiger partial charge on any atom is 0.338 e. The lowest BCUT2D eigenvalue weighted by molar-refractivity contribution is -0.0515. The molecule has 2 atom stereocenters. The summed E-state index contributed by atoms with van der Waals surface area (Å²) >= 11 is 0. The van der Waals surface area contributed by atoms with Crippen molar-refractivity contribution in [1.82, 2.24) is 0 Å². The van der Waals surface area contributed by atoms with Crippen LogP contribution in [0, 0.1) is 0 Å². The summed E-state index contributed by atoms with van der Waals surface area (Å²) in [6.45, 7) is -0.0524. The largest absolute Gasteiger partial charge is 0.488 e. The number of ether oxygens (including phenoxy) is 3. The molecule has 0 unspecified atom stereocenters. The van der Waals surface area contributed by atoms with E-state index in [-0.39, 0.29) is 12.4 Å². The molecule has 0 radical (unpaired) electrons. The number of rotatable bonds is 5. The third-order valence-corrected chi connectivity index (χ3v) is 3.81. The van der Waals surface area contributed by atoms with Crippen LogP contribution in [-0.4, -0.2) is 42.2 Å². The van der Waals surface area contributed by atoms with Gasteiger partial charge < -0.3 is 19.4 Å². The molecule has 0 bridgehead atoms. The van der Waals surface area contributed by atoms with Gasteiger partial charge in [-0.2, -0.15) is 0 Å². The standard InChI is InChI=1S/C20H17NO6/c22-19(14-7-3-1-4-8-14)26-17-11-16(12-21-24)25-13-18(17)27-20(23)15-9-5-2-6-10-15/h1-12,17-18,24H,13H2/t17-,18-/m0/s1. The number of oxime groups is 1. The molecule has 2 aromatic carbocycles. The Hall–Kier alpha value is -3.61. The van der Waals surface area contributed by atoms with Gasteiger partial charge >= 0.3 is 11.9 Å². The van der Waals surface area contributed by atoms with Crippen molar-refractivity contribution in [2.75, 3.05) is 6.61 Å². The summed E-state index contributed by atoms with van der Waals surface area (Å²) in [4.78, 5) is 24.7. The number of carbonyl (C=O) groups excluding carboxylic acids is 2. The van der Waals surface area contributed by atoms with Crippen molar-refractivity contribution in [1.29, 1.82) is 0 Å².